The number of halogens is 2. The van der Waals surface area contributed by atoms with Gasteiger partial charge in [0.05, 0.1) is 22.8 Å². The van der Waals surface area contributed by atoms with Gasteiger partial charge >= 0.3 is 5.97 Å². The van der Waals surface area contributed by atoms with E-state index in [1.807, 2.05) is 64.1 Å². The van der Waals surface area contributed by atoms with Gasteiger partial charge in [0.15, 0.2) is 11.5 Å². The number of benzene rings is 2. The molecule has 2 aromatic carbocycles. The summed E-state index contributed by atoms with van der Waals surface area (Å²) in [6.45, 7) is 10.3. The molecule has 2 heterocycles. The topological polar surface area (TPSA) is 87.5 Å². The summed E-state index contributed by atoms with van der Waals surface area (Å²) < 4.78 is 20.3. The van der Waals surface area contributed by atoms with Crippen molar-refractivity contribution in [3.05, 3.63) is 68.3 Å². The van der Waals surface area contributed by atoms with Crippen LogP contribution in [0.2, 0.25) is 5.02 Å². The number of ether oxygens (including phenoxy) is 3. The fourth-order valence-corrected chi connectivity index (χ4v) is 5.50. The SMILES string of the molecule is CCCSc1nc2n(n1)C(c1cc(Br)c(OCc3ccc(Cl)cc3)c(OCC)c1)C(C(=O)OC(C)C)=C(C)N2. The maximum absolute atomic E-state index is 13.4. The van der Waals surface area contributed by atoms with Gasteiger partial charge in [0.1, 0.15) is 12.6 Å². The van der Waals surface area contributed by atoms with Crippen LogP contribution in [0.15, 0.2) is 57.3 Å². The molecule has 0 saturated heterocycles. The molecule has 1 aliphatic heterocycles. The molecule has 3 aromatic rings. The van der Waals surface area contributed by atoms with Gasteiger partial charge in [-0.05, 0) is 85.4 Å². The molecule has 0 amide bonds. The zero-order valence-electron chi connectivity index (χ0n) is 22.6. The Bertz CT molecular complexity index is 1360. The number of anilines is 1. The zero-order chi connectivity index (χ0) is 28.1. The molecule has 1 aromatic heterocycles. The Labute approximate surface area is 246 Å². The third-order valence-corrected chi connectivity index (χ3v) is 7.66. The molecule has 1 unspecified atom stereocenters. The van der Waals surface area contributed by atoms with Gasteiger partial charge in [-0.2, -0.15) is 4.98 Å². The first kappa shape index (κ1) is 29.3. The van der Waals surface area contributed by atoms with Crippen LogP contribution >= 0.6 is 39.3 Å². The number of esters is 1. The van der Waals surface area contributed by atoms with E-state index in [1.165, 1.54) is 0 Å². The number of aromatic nitrogens is 3. The number of carbonyl (C=O) groups is 1. The van der Waals surface area contributed by atoms with Crippen molar-refractivity contribution >= 4 is 51.2 Å². The van der Waals surface area contributed by atoms with Gasteiger partial charge in [0.25, 0.3) is 0 Å². The highest BCUT2D eigenvalue weighted by Gasteiger charge is 2.36. The molecule has 0 spiro atoms. The summed E-state index contributed by atoms with van der Waals surface area (Å²) in [6.07, 6.45) is 0.720. The van der Waals surface area contributed by atoms with Crippen LogP contribution in [0.1, 0.15) is 58.2 Å². The summed E-state index contributed by atoms with van der Waals surface area (Å²) in [7, 11) is 0. The number of nitrogens with zero attached hydrogens (tertiary/aromatic N) is 3. The van der Waals surface area contributed by atoms with E-state index < -0.39 is 12.0 Å². The van der Waals surface area contributed by atoms with E-state index in [2.05, 4.69) is 33.2 Å². The standard InChI is InChI=1S/C28H32BrClN4O4S/c1-6-12-39-28-32-27-31-17(5)23(26(35)38-16(3)4)24(34(27)33-28)19-13-21(29)25(22(14-19)36-7-2)37-15-18-8-10-20(30)11-9-18/h8-11,13-14,16,24H,6-7,12,15H2,1-5H3,(H,31,32,33). The summed E-state index contributed by atoms with van der Waals surface area (Å²) in [4.78, 5) is 18.1. The average molecular weight is 636 g/mol. The Hall–Kier alpha value is -2.69. The Balaban J connectivity index is 1.77. The number of hydrogen-bond acceptors (Lipinski definition) is 8. The minimum atomic E-state index is -0.586. The summed E-state index contributed by atoms with van der Waals surface area (Å²) in [5, 5.41) is 9.32. The lowest BCUT2D eigenvalue weighted by Crippen LogP contribution is -2.30. The van der Waals surface area contributed by atoms with Crippen molar-refractivity contribution < 1.29 is 19.0 Å². The van der Waals surface area contributed by atoms with Crippen molar-refractivity contribution in [3.8, 4) is 11.5 Å². The second-order valence-corrected chi connectivity index (χ2v) is 11.6. The highest BCUT2D eigenvalue weighted by molar-refractivity contribution is 9.10. The van der Waals surface area contributed by atoms with Crippen molar-refractivity contribution in [2.24, 2.45) is 0 Å². The molecule has 8 nitrogen and oxygen atoms in total. The molecule has 0 saturated carbocycles. The lowest BCUT2D eigenvalue weighted by atomic mass is 9.95. The minimum Gasteiger partial charge on any atom is -0.490 e. The first-order valence-corrected chi connectivity index (χ1v) is 15.0. The second kappa shape index (κ2) is 13.1. The van der Waals surface area contributed by atoms with Crippen LogP contribution in [0.3, 0.4) is 0 Å². The molecule has 1 atom stereocenters. The van der Waals surface area contributed by atoms with E-state index in [4.69, 9.17) is 30.9 Å². The van der Waals surface area contributed by atoms with Crippen molar-refractivity contribution in [3.63, 3.8) is 0 Å². The number of fused-ring (bicyclic) bond motifs is 1. The number of carbonyl (C=O) groups excluding carboxylic acids is 1. The first-order valence-electron chi connectivity index (χ1n) is 12.8. The number of hydrogen-bond donors (Lipinski definition) is 1. The first-order chi connectivity index (χ1) is 18.7. The van der Waals surface area contributed by atoms with Crippen molar-refractivity contribution in [2.75, 3.05) is 17.7 Å². The number of nitrogens with one attached hydrogen (secondary N) is 1. The van der Waals surface area contributed by atoms with Crippen LogP contribution in [-0.2, 0) is 16.1 Å². The highest BCUT2D eigenvalue weighted by atomic mass is 79.9. The van der Waals surface area contributed by atoms with E-state index in [0.29, 0.717) is 56.6 Å². The quantitative estimate of drug-likeness (QED) is 0.172. The van der Waals surface area contributed by atoms with E-state index >= 15 is 0 Å². The molecule has 0 bridgehead atoms. The van der Waals surface area contributed by atoms with E-state index in [-0.39, 0.29) is 6.10 Å². The van der Waals surface area contributed by atoms with Crippen LogP contribution in [0.25, 0.3) is 0 Å². The number of allylic oxidation sites excluding steroid dienone is 1. The van der Waals surface area contributed by atoms with Crippen LogP contribution in [0.5, 0.6) is 11.5 Å². The van der Waals surface area contributed by atoms with Gasteiger partial charge in [0.2, 0.25) is 11.1 Å². The van der Waals surface area contributed by atoms with Crippen molar-refractivity contribution in [2.45, 2.75) is 64.9 Å². The fraction of sp³-hybridized carbons (Fsp3) is 0.393. The molecule has 1 N–H and O–H groups in total. The van der Waals surface area contributed by atoms with Gasteiger partial charge < -0.3 is 19.5 Å². The molecule has 4 rings (SSSR count). The maximum Gasteiger partial charge on any atom is 0.338 e. The molecule has 11 heteroatoms. The van der Waals surface area contributed by atoms with Gasteiger partial charge in [-0.15, -0.1) is 5.10 Å². The van der Waals surface area contributed by atoms with Gasteiger partial charge in [-0.3, -0.25) is 0 Å². The molecule has 0 radical (unpaired) electrons. The van der Waals surface area contributed by atoms with Crippen LogP contribution in [0.4, 0.5) is 5.95 Å². The lowest BCUT2D eigenvalue weighted by molar-refractivity contribution is -0.143. The molecule has 208 valence electrons. The zero-order valence-corrected chi connectivity index (χ0v) is 25.7. The second-order valence-electron chi connectivity index (χ2n) is 9.21. The predicted molar refractivity (Wildman–Crippen MR) is 158 cm³/mol. The van der Waals surface area contributed by atoms with Crippen LogP contribution in [-0.4, -0.2) is 39.2 Å². The number of thioether (sulfide) groups is 1. The third-order valence-electron chi connectivity index (χ3n) is 5.77. The van der Waals surface area contributed by atoms with Crippen molar-refractivity contribution in [1.29, 1.82) is 0 Å². The Morgan fingerprint density at radius 1 is 1.21 bits per heavy atom. The lowest BCUT2D eigenvalue weighted by Gasteiger charge is -2.29. The normalized spacial score (nSPS) is 14.7. The summed E-state index contributed by atoms with van der Waals surface area (Å²) in [5.41, 5.74) is 2.86. The van der Waals surface area contributed by atoms with E-state index in [0.717, 1.165) is 23.3 Å². The van der Waals surface area contributed by atoms with Crippen LogP contribution in [0, 0.1) is 0 Å². The van der Waals surface area contributed by atoms with E-state index in [9.17, 15) is 4.79 Å². The number of rotatable bonds is 11. The largest absolute Gasteiger partial charge is 0.490 e. The van der Waals surface area contributed by atoms with Crippen LogP contribution < -0.4 is 14.8 Å². The molecular weight excluding hydrogens is 604 g/mol. The summed E-state index contributed by atoms with van der Waals surface area (Å²) in [5.74, 6) is 2.15. The highest BCUT2D eigenvalue weighted by Crippen LogP contribution is 2.43. The monoisotopic (exact) mass is 634 g/mol. The molecule has 1 aliphatic rings. The fourth-order valence-electron chi connectivity index (χ4n) is 4.12. The Kier molecular flexibility index (Phi) is 9.85. The maximum atomic E-state index is 13.4. The summed E-state index contributed by atoms with van der Waals surface area (Å²) >= 11 is 11.3. The van der Waals surface area contributed by atoms with E-state index in [1.54, 1.807) is 16.4 Å². The van der Waals surface area contributed by atoms with Gasteiger partial charge in [0, 0.05) is 16.5 Å². The molecule has 0 fully saturated rings. The third kappa shape index (κ3) is 6.91. The Morgan fingerprint density at radius 2 is 1.95 bits per heavy atom. The smallest absolute Gasteiger partial charge is 0.338 e. The van der Waals surface area contributed by atoms with Crippen molar-refractivity contribution in [1.82, 2.24) is 14.8 Å². The molecular formula is C28H32BrClN4O4S. The average Bonchev–Trinajstić information content (AvgIpc) is 3.29. The van der Waals surface area contributed by atoms with Gasteiger partial charge in [-0.1, -0.05) is 42.4 Å². The predicted octanol–water partition coefficient (Wildman–Crippen LogP) is 7.41. The van der Waals surface area contributed by atoms with Gasteiger partial charge in [-0.25, -0.2) is 9.48 Å². The summed E-state index contributed by atoms with van der Waals surface area (Å²) in [6, 6.07) is 10.7. The Morgan fingerprint density at radius 3 is 2.62 bits per heavy atom. The molecule has 39 heavy (non-hydrogen) atoms. The molecule has 0 aliphatic carbocycles. The minimum absolute atomic E-state index is 0.277.